The van der Waals surface area contributed by atoms with Crippen molar-refractivity contribution in [1.29, 1.82) is 0 Å². The number of nitrogens with one attached hydrogen (secondary N) is 1. The minimum Gasteiger partial charge on any atom is -0.385 e. The van der Waals surface area contributed by atoms with Crippen LogP contribution in [0.4, 0.5) is 0 Å². The number of hydrogen-bond donors (Lipinski definition) is 1. The van der Waals surface area contributed by atoms with Gasteiger partial charge in [-0.25, -0.2) is 0 Å². The summed E-state index contributed by atoms with van der Waals surface area (Å²) in [7, 11) is 1.74. The third-order valence-electron chi connectivity index (χ3n) is 3.46. The Labute approximate surface area is 121 Å². The Kier molecular flexibility index (Phi) is 5.84. The molecule has 0 radical (unpaired) electrons. The molecule has 2 aromatic rings. The van der Waals surface area contributed by atoms with Crippen LogP contribution in [0.1, 0.15) is 30.5 Å². The van der Waals surface area contributed by atoms with Gasteiger partial charge >= 0.3 is 0 Å². The summed E-state index contributed by atoms with van der Waals surface area (Å²) in [5.41, 5.74) is 2.66. The third kappa shape index (κ3) is 4.51. The molecule has 0 saturated carbocycles. The largest absolute Gasteiger partial charge is 0.385 e. The van der Waals surface area contributed by atoms with Crippen LogP contribution in [0.3, 0.4) is 0 Å². The Morgan fingerprint density at radius 1 is 1.20 bits per heavy atom. The summed E-state index contributed by atoms with van der Waals surface area (Å²) >= 11 is 0. The molecule has 0 bridgehead atoms. The smallest absolute Gasteiger partial charge is 0.0474 e. The number of benzene rings is 1. The number of nitrogens with zero attached hydrogens (tertiary/aromatic N) is 1. The fourth-order valence-corrected chi connectivity index (χ4v) is 2.26. The molecule has 0 saturated heterocycles. The molecule has 0 aliphatic carbocycles. The SMILES string of the molecule is COCCCN[C@H](C)c1ccn(Cc2ccccc2)c1. The monoisotopic (exact) mass is 272 g/mol. The van der Waals surface area contributed by atoms with E-state index in [0.29, 0.717) is 6.04 Å². The zero-order valence-corrected chi connectivity index (χ0v) is 12.4. The molecule has 0 amide bonds. The molecule has 1 atom stereocenters. The number of aromatic nitrogens is 1. The van der Waals surface area contributed by atoms with Gasteiger partial charge in [-0.05, 0) is 37.1 Å². The molecule has 108 valence electrons. The second-order valence-electron chi connectivity index (χ2n) is 5.12. The second-order valence-corrected chi connectivity index (χ2v) is 5.12. The van der Waals surface area contributed by atoms with E-state index in [1.54, 1.807) is 7.11 Å². The molecule has 1 N–H and O–H groups in total. The van der Waals surface area contributed by atoms with Crippen LogP contribution >= 0.6 is 0 Å². The van der Waals surface area contributed by atoms with Gasteiger partial charge in [-0.1, -0.05) is 30.3 Å². The van der Waals surface area contributed by atoms with E-state index in [9.17, 15) is 0 Å². The lowest BCUT2D eigenvalue weighted by atomic mass is 10.2. The van der Waals surface area contributed by atoms with E-state index >= 15 is 0 Å². The van der Waals surface area contributed by atoms with Gasteiger partial charge in [-0.15, -0.1) is 0 Å². The topological polar surface area (TPSA) is 26.2 Å². The first kappa shape index (κ1) is 14.8. The van der Waals surface area contributed by atoms with Gasteiger partial charge in [-0.2, -0.15) is 0 Å². The zero-order valence-electron chi connectivity index (χ0n) is 12.4. The van der Waals surface area contributed by atoms with Crippen molar-refractivity contribution in [2.45, 2.75) is 25.9 Å². The van der Waals surface area contributed by atoms with Crippen LogP contribution < -0.4 is 5.32 Å². The van der Waals surface area contributed by atoms with Crippen LogP contribution in [0, 0.1) is 0 Å². The van der Waals surface area contributed by atoms with Crippen molar-refractivity contribution >= 4 is 0 Å². The fraction of sp³-hybridized carbons (Fsp3) is 0.412. The molecular weight excluding hydrogens is 248 g/mol. The highest BCUT2D eigenvalue weighted by molar-refractivity contribution is 5.19. The van der Waals surface area contributed by atoms with Gasteiger partial charge in [0.05, 0.1) is 0 Å². The van der Waals surface area contributed by atoms with Gasteiger partial charge in [0.15, 0.2) is 0 Å². The van der Waals surface area contributed by atoms with Crippen molar-refractivity contribution in [3.05, 3.63) is 59.9 Å². The highest BCUT2D eigenvalue weighted by Crippen LogP contribution is 2.14. The average Bonchev–Trinajstić information content (AvgIpc) is 2.93. The van der Waals surface area contributed by atoms with Crippen LogP contribution in [0.5, 0.6) is 0 Å². The van der Waals surface area contributed by atoms with E-state index in [4.69, 9.17) is 4.74 Å². The van der Waals surface area contributed by atoms with Gasteiger partial charge in [0.2, 0.25) is 0 Å². The van der Waals surface area contributed by atoms with Crippen molar-refractivity contribution in [3.8, 4) is 0 Å². The zero-order chi connectivity index (χ0) is 14.2. The number of ether oxygens (including phenoxy) is 1. The van der Waals surface area contributed by atoms with E-state index in [2.05, 4.69) is 65.6 Å². The fourth-order valence-electron chi connectivity index (χ4n) is 2.26. The maximum atomic E-state index is 5.06. The molecule has 3 nitrogen and oxygen atoms in total. The van der Waals surface area contributed by atoms with Crippen molar-refractivity contribution in [2.24, 2.45) is 0 Å². The Hall–Kier alpha value is -1.58. The summed E-state index contributed by atoms with van der Waals surface area (Å²) in [5.74, 6) is 0. The highest BCUT2D eigenvalue weighted by Gasteiger charge is 2.06. The van der Waals surface area contributed by atoms with Gasteiger partial charge in [-0.3, -0.25) is 0 Å². The Morgan fingerprint density at radius 3 is 2.75 bits per heavy atom. The van der Waals surface area contributed by atoms with Gasteiger partial charge in [0.25, 0.3) is 0 Å². The van der Waals surface area contributed by atoms with Crippen LogP contribution in [-0.4, -0.2) is 24.8 Å². The first-order valence-electron chi connectivity index (χ1n) is 7.21. The summed E-state index contributed by atoms with van der Waals surface area (Å²) in [6.07, 6.45) is 5.42. The maximum Gasteiger partial charge on any atom is 0.0474 e. The van der Waals surface area contributed by atoms with Crippen LogP contribution in [0.2, 0.25) is 0 Å². The highest BCUT2D eigenvalue weighted by atomic mass is 16.5. The lowest BCUT2D eigenvalue weighted by Gasteiger charge is -2.12. The molecule has 0 aliphatic rings. The quantitative estimate of drug-likeness (QED) is 0.747. The standard InChI is InChI=1S/C17H24N2O/c1-15(18-10-6-12-20-2)17-9-11-19(14-17)13-16-7-4-3-5-8-16/h3-5,7-9,11,14-15,18H,6,10,12-13H2,1-2H3/t15-/m1/s1. The van der Waals surface area contributed by atoms with Crippen molar-refractivity contribution in [1.82, 2.24) is 9.88 Å². The molecule has 0 unspecified atom stereocenters. The molecule has 20 heavy (non-hydrogen) atoms. The molecule has 0 spiro atoms. The van der Waals surface area contributed by atoms with Crippen molar-refractivity contribution < 1.29 is 4.74 Å². The average molecular weight is 272 g/mol. The van der Waals surface area contributed by atoms with E-state index in [1.807, 2.05) is 0 Å². The molecular formula is C17H24N2O. The third-order valence-corrected chi connectivity index (χ3v) is 3.46. The molecule has 1 aromatic carbocycles. The predicted molar refractivity (Wildman–Crippen MR) is 82.9 cm³/mol. The van der Waals surface area contributed by atoms with Crippen molar-refractivity contribution in [2.75, 3.05) is 20.3 Å². The van der Waals surface area contributed by atoms with Crippen LogP contribution in [-0.2, 0) is 11.3 Å². The Bertz CT molecular complexity index is 493. The second kappa shape index (κ2) is 7.88. The van der Waals surface area contributed by atoms with Gasteiger partial charge < -0.3 is 14.6 Å². The normalized spacial score (nSPS) is 12.5. The summed E-state index contributed by atoms with van der Waals surface area (Å²) < 4.78 is 7.29. The first-order valence-corrected chi connectivity index (χ1v) is 7.21. The number of methoxy groups -OCH3 is 1. The van der Waals surface area contributed by atoms with E-state index in [0.717, 1.165) is 26.1 Å². The molecule has 3 heteroatoms. The predicted octanol–water partition coefficient (Wildman–Crippen LogP) is 3.22. The Balaban J connectivity index is 1.85. The lowest BCUT2D eigenvalue weighted by Crippen LogP contribution is -2.20. The van der Waals surface area contributed by atoms with E-state index in [-0.39, 0.29) is 0 Å². The van der Waals surface area contributed by atoms with E-state index in [1.165, 1.54) is 11.1 Å². The van der Waals surface area contributed by atoms with Gasteiger partial charge in [0, 0.05) is 38.7 Å². The Morgan fingerprint density at radius 2 is 2.00 bits per heavy atom. The molecule has 0 aliphatic heterocycles. The minimum atomic E-state index is 0.379. The molecule has 0 fully saturated rings. The summed E-state index contributed by atoms with van der Waals surface area (Å²) in [6.45, 7) is 4.93. The lowest BCUT2D eigenvalue weighted by molar-refractivity contribution is 0.193. The van der Waals surface area contributed by atoms with E-state index < -0.39 is 0 Å². The molecule has 1 aromatic heterocycles. The number of hydrogen-bond acceptors (Lipinski definition) is 2. The van der Waals surface area contributed by atoms with Gasteiger partial charge in [0.1, 0.15) is 0 Å². The molecule has 1 heterocycles. The minimum absolute atomic E-state index is 0.379. The summed E-state index contributed by atoms with van der Waals surface area (Å²) in [4.78, 5) is 0. The molecule has 2 rings (SSSR count). The maximum absolute atomic E-state index is 5.06. The number of rotatable bonds is 8. The van der Waals surface area contributed by atoms with Crippen molar-refractivity contribution in [3.63, 3.8) is 0 Å². The van der Waals surface area contributed by atoms with Crippen LogP contribution in [0.15, 0.2) is 48.8 Å². The summed E-state index contributed by atoms with van der Waals surface area (Å²) in [6, 6.07) is 13.1. The van der Waals surface area contributed by atoms with Crippen LogP contribution in [0.25, 0.3) is 0 Å². The summed E-state index contributed by atoms with van der Waals surface area (Å²) in [5, 5.41) is 3.52. The first-order chi connectivity index (χ1) is 9.79.